The Balaban J connectivity index is 0.000000118. The van der Waals surface area contributed by atoms with Crippen molar-refractivity contribution in [2.75, 3.05) is 116 Å². The Morgan fingerprint density at radius 1 is 0.364 bits per heavy atom. The monoisotopic (exact) mass is 1820 g/mol. The van der Waals surface area contributed by atoms with Crippen LogP contribution in [0, 0.1) is 41.5 Å². The molecule has 20 rings (SSSR count). The predicted molar refractivity (Wildman–Crippen MR) is 507 cm³/mol. The van der Waals surface area contributed by atoms with E-state index in [1.807, 2.05) is 70.3 Å². The number of aliphatic hydroxyl groups excluding tert-OH is 2. The zero-order valence-corrected chi connectivity index (χ0v) is 76.8. The molecule has 0 spiro atoms. The lowest BCUT2D eigenvalue weighted by atomic mass is 9.90. The van der Waals surface area contributed by atoms with Crippen LogP contribution in [-0.4, -0.2) is 233 Å². The molecule has 10 aromatic rings. The second kappa shape index (κ2) is 38.5. The minimum Gasteiger partial charge on any atom is -0.394 e. The highest BCUT2D eigenvalue weighted by Gasteiger charge is 2.39. The number of aliphatic hydroxyl groups is 4. The van der Waals surface area contributed by atoms with Crippen molar-refractivity contribution in [1.29, 1.82) is 0 Å². The number of aliphatic imine (C=N–C) groups is 5. The van der Waals surface area contributed by atoms with Gasteiger partial charge in [-0.1, -0.05) is 76.7 Å². The second-order valence-electron chi connectivity index (χ2n) is 35.4. The highest BCUT2D eigenvalue weighted by Crippen LogP contribution is 2.37. The first-order chi connectivity index (χ1) is 61.9. The van der Waals surface area contributed by atoms with Gasteiger partial charge in [-0.2, -0.15) is 0 Å². The molecule has 10 aliphatic rings. The molecule has 5 saturated heterocycles. The van der Waals surface area contributed by atoms with Crippen molar-refractivity contribution >= 4 is 104 Å². The Kier molecular flexibility index (Phi) is 27.4. The number of fused-ring (bicyclic) bond motifs is 5. The molecule has 8 aromatic heterocycles. The molecule has 0 unspecified atom stereocenters. The van der Waals surface area contributed by atoms with Gasteiger partial charge in [-0.3, -0.25) is 39.9 Å². The van der Waals surface area contributed by atoms with Gasteiger partial charge in [0.2, 0.25) is 0 Å². The van der Waals surface area contributed by atoms with Crippen LogP contribution in [0.5, 0.6) is 0 Å². The predicted octanol–water partition coefficient (Wildman–Crippen LogP) is 9.26. The fraction of sp³-hybridized carbons (Fsp3) is 0.441. The summed E-state index contributed by atoms with van der Waals surface area (Å²) in [6, 6.07) is 17.8. The number of rotatable bonds is 14. The van der Waals surface area contributed by atoms with Gasteiger partial charge in [0.25, 0.3) is 0 Å². The van der Waals surface area contributed by atoms with Crippen molar-refractivity contribution in [3.8, 4) is 0 Å². The number of pyridine rings is 3. The summed E-state index contributed by atoms with van der Waals surface area (Å²) in [6.45, 7) is 25.1. The highest BCUT2D eigenvalue weighted by molar-refractivity contribution is 6.38. The highest BCUT2D eigenvalue weighted by atomic mass is 35.5. The molecule has 0 atom stereocenters. The smallest absolute Gasteiger partial charge is 0.147 e. The van der Waals surface area contributed by atoms with Gasteiger partial charge in [0.1, 0.15) is 57.6 Å². The van der Waals surface area contributed by atoms with Gasteiger partial charge in [-0.25, -0.2) is 49.8 Å². The lowest BCUT2D eigenvalue weighted by Crippen LogP contribution is -2.53. The van der Waals surface area contributed by atoms with Crippen LogP contribution in [0.4, 0.5) is 29.1 Å². The van der Waals surface area contributed by atoms with E-state index in [2.05, 4.69) is 118 Å². The molecule has 32 nitrogen and oxygen atoms in total. The Labute approximate surface area is 770 Å². The fourth-order valence-corrected chi connectivity index (χ4v) is 18.2. The molecule has 674 valence electrons. The molecule has 14 N–H and O–H groups in total. The first kappa shape index (κ1) is 91.7. The first-order valence-corrected chi connectivity index (χ1v) is 45.4. The van der Waals surface area contributed by atoms with Crippen LogP contribution in [0.1, 0.15) is 190 Å². The zero-order chi connectivity index (χ0) is 90.8. The number of aryl methyl sites for hydroxylation is 5. The van der Waals surface area contributed by atoms with Crippen LogP contribution in [0.15, 0.2) is 129 Å². The quantitative estimate of drug-likeness (QED) is 0.0489. The standard InChI is InChI=1S/C20H25N5.C19H22ClN5O.3C18H21ClN6O/c1-13-5-4-6-15(14(13)2)18-19-16(11-22-18)24-17(12-23-19)25-9-7-20(3,21)8-10-25;1-12-3-2-4-13(20)16(12)18-17-14(9-22-18)24-15(10-23-17)25-7-5-19(21,11-26)6-8-25;1-11-15(19)12(2-5-21-11)16-17-13(8-22-16)24-14(9-23-17)25-6-3-18(20,10-26)4-7-25;1-11-15(19)12(2-5-21-11)16-17-13(8-22-16)24-14(9-23-17)25-6-3-18(26,10-20)4-7-25;1-11-6-12(13(19)7-21-11)16-17-14(8-22-16)24-15(9-23-17)25-4-2-18(26,10-20)3-5-25/h4-6,12H,7-11,21H2,1-3H3;2-4,10,26H,5-9,11,21H2,1H3;2*2,5,9,26H,3-4,6-8,10,20H2,1H3;6-7,9,26H,2-5,8,10,20H2,1H3. The third-order valence-corrected chi connectivity index (χ3v) is 27.8. The fourth-order valence-electron chi connectivity index (χ4n) is 17.3. The second-order valence-corrected chi connectivity index (χ2v) is 37.0. The number of hydrogen-bond acceptors (Lipinski definition) is 32. The van der Waals surface area contributed by atoms with Crippen molar-refractivity contribution in [1.82, 2.24) is 64.8 Å². The molecule has 129 heavy (non-hydrogen) atoms. The number of benzene rings is 2. The Morgan fingerprint density at radius 2 is 0.690 bits per heavy atom. The van der Waals surface area contributed by atoms with Crippen LogP contribution in [0.2, 0.25) is 20.1 Å². The molecular formula is C93H110Cl4N28O4. The summed E-state index contributed by atoms with van der Waals surface area (Å²) in [5.41, 5.74) is 50.6. The summed E-state index contributed by atoms with van der Waals surface area (Å²) < 4.78 is 0. The molecule has 36 heteroatoms. The third kappa shape index (κ3) is 19.9. The summed E-state index contributed by atoms with van der Waals surface area (Å²) in [5.74, 6) is 4.26. The Hall–Kier alpha value is -10.6. The van der Waals surface area contributed by atoms with Gasteiger partial charge >= 0.3 is 0 Å². The molecule has 18 heterocycles. The van der Waals surface area contributed by atoms with Crippen molar-refractivity contribution in [3.63, 3.8) is 0 Å². The van der Waals surface area contributed by atoms with Gasteiger partial charge in [-0.15, -0.1) is 0 Å². The normalized spacial score (nSPS) is 18.7. The lowest BCUT2D eigenvalue weighted by molar-refractivity contribution is 0.0245. The van der Waals surface area contributed by atoms with Crippen molar-refractivity contribution in [2.45, 2.75) is 173 Å². The number of piperidine rings is 5. The number of nitrogens with zero attached hydrogens (tertiary/aromatic N) is 23. The van der Waals surface area contributed by atoms with Crippen LogP contribution in [0.3, 0.4) is 0 Å². The summed E-state index contributed by atoms with van der Waals surface area (Å²) >= 11 is 25.5. The number of hydrogen-bond donors (Lipinski definition) is 9. The largest absolute Gasteiger partial charge is 0.394 e. The van der Waals surface area contributed by atoms with Gasteiger partial charge in [-0.05, 0) is 154 Å². The molecular weight excluding hydrogens is 1720 g/mol. The van der Waals surface area contributed by atoms with Crippen LogP contribution in [-0.2, 0) is 32.7 Å². The van der Waals surface area contributed by atoms with E-state index in [1.54, 1.807) is 43.4 Å². The molecule has 0 saturated carbocycles. The van der Waals surface area contributed by atoms with E-state index in [4.69, 9.17) is 110 Å². The number of aromatic nitrogens is 13. The summed E-state index contributed by atoms with van der Waals surface area (Å²) in [7, 11) is 0. The SMILES string of the molecule is Cc1cc(C2=NCc3nc(N4CCC(O)(CN)CC4)cnc32)c(Cl)cn1.Cc1cccc(C2=NCc3nc(N4CCC(C)(N)CC4)cnc32)c1C.Cc1cccc(Cl)c1C1=NCc2nc(N3CCC(N)(CO)CC3)cnc21.Cc1nccc(C2=NCc3nc(N4CCC(N)(CO)CC4)cnc32)c1Cl.Cc1nccc(C2=NCc3nc(N4CCC(O)(CN)CC4)cnc32)c1Cl. The van der Waals surface area contributed by atoms with E-state index in [1.165, 1.54) is 11.1 Å². The first-order valence-electron chi connectivity index (χ1n) is 43.8. The Morgan fingerprint density at radius 3 is 1.05 bits per heavy atom. The maximum Gasteiger partial charge on any atom is 0.147 e. The summed E-state index contributed by atoms with van der Waals surface area (Å²) in [6.07, 6.45) is 21.6. The van der Waals surface area contributed by atoms with Crippen LogP contribution in [0.25, 0.3) is 0 Å². The zero-order valence-electron chi connectivity index (χ0n) is 73.8. The lowest BCUT2D eigenvalue weighted by Gasteiger charge is -2.38. The van der Waals surface area contributed by atoms with E-state index in [0.29, 0.717) is 118 Å². The van der Waals surface area contributed by atoms with Gasteiger partial charge in [0, 0.05) is 147 Å². The molecule has 0 bridgehead atoms. The average molecular weight is 1830 g/mol. The minimum atomic E-state index is -0.757. The van der Waals surface area contributed by atoms with Crippen LogP contribution >= 0.6 is 46.4 Å². The van der Waals surface area contributed by atoms with E-state index < -0.39 is 22.3 Å². The van der Waals surface area contributed by atoms with Gasteiger partial charge < -0.3 is 73.6 Å². The molecule has 0 amide bonds. The number of halogens is 4. The van der Waals surface area contributed by atoms with E-state index in [9.17, 15) is 20.4 Å². The van der Waals surface area contributed by atoms with Crippen molar-refractivity contribution in [2.24, 2.45) is 53.6 Å². The molecule has 10 aliphatic heterocycles. The van der Waals surface area contributed by atoms with Gasteiger partial charge in [0.05, 0.1) is 177 Å². The van der Waals surface area contributed by atoms with E-state index in [0.717, 1.165) is 243 Å². The number of anilines is 5. The van der Waals surface area contributed by atoms with Crippen LogP contribution < -0.4 is 53.2 Å². The maximum atomic E-state index is 10.3. The van der Waals surface area contributed by atoms with E-state index in [-0.39, 0.29) is 18.8 Å². The van der Waals surface area contributed by atoms with Crippen molar-refractivity contribution in [3.05, 3.63) is 243 Å². The maximum absolute atomic E-state index is 10.3. The third-order valence-electron chi connectivity index (χ3n) is 26.2. The van der Waals surface area contributed by atoms with E-state index >= 15 is 0 Å². The summed E-state index contributed by atoms with van der Waals surface area (Å²) in [4.78, 5) is 93.9. The molecule has 0 radical (unpaired) electrons. The topological polar surface area (TPSA) is 457 Å². The van der Waals surface area contributed by atoms with Gasteiger partial charge in [0.15, 0.2) is 0 Å². The molecule has 5 fully saturated rings. The summed E-state index contributed by atoms with van der Waals surface area (Å²) in [5, 5.41) is 41.8. The average Bonchev–Trinajstić information content (AvgIpc) is 1.67. The Bertz CT molecular complexity index is 5730. The van der Waals surface area contributed by atoms with Crippen molar-refractivity contribution < 1.29 is 20.4 Å². The number of nitrogens with two attached hydrogens (primary N) is 5. The minimum absolute atomic E-state index is 0.0139. The molecule has 0 aliphatic carbocycles. The molecule has 2 aromatic carbocycles.